The Labute approximate surface area is 221 Å². The number of pyridine rings is 1. The topological polar surface area (TPSA) is 21.1 Å². The molecule has 3 heteroatoms. The number of anilines is 2. The zero-order chi connectivity index (χ0) is 25.1. The van der Waals surface area contributed by atoms with Crippen molar-refractivity contribution in [2.24, 2.45) is 0 Å². The molecule has 8 rings (SSSR count). The summed E-state index contributed by atoms with van der Waals surface area (Å²) in [6.45, 7) is 0. The maximum absolute atomic E-state index is 4.98. The number of hydrogen-bond acceptors (Lipinski definition) is 2. The number of nitrogens with zero attached hydrogens (tertiary/aromatic N) is 3. The van der Waals surface area contributed by atoms with Crippen molar-refractivity contribution < 1.29 is 0 Å². The number of fused-ring (bicyclic) bond motifs is 8. The molecule has 180 valence electrons. The molecule has 2 aliphatic rings. The van der Waals surface area contributed by atoms with Crippen LogP contribution in [0.1, 0.15) is 11.5 Å². The first kappa shape index (κ1) is 21.2. The second-order valence-corrected chi connectivity index (χ2v) is 10.0. The highest BCUT2D eigenvalue weighted by Gasteiger charge is 2.34. The van der Waals surface area contributed by atoms with Crippen LogP contribution in [0.15, 0.2) is 140 Å². The highest BCUT2D eigenvalue weighted by Crippen LogP contribution is 2.47. The van der Waals surface area contributed by atoms with E-state index >= 15 is 0 Å². The van der Waals surface area contributed by atoms with Crippen LogP contribution < -0.4 is 4.90 Å². The van der Waals surface area contributed by atoms with E-state index in [1.807, 2.05) is 6.20 Å². The van der Waals surface area contributed by atoms with Crippen molar-refractivity contribution in [3.8, 4) is 16.8 Å². The summed E-state index contributed by atoms with van der Waals surface area (Å²) in [5.74, 6) is 1.17. The molecular weight excluding hydrogens is 462 g/mol. The van der Waals surface area contributed by atoms with E-state index in [9.17, 15) is 0 Å². The number of benzene rings is 4. The van der Waals surface area contributed by atoms with Crippen LogP contribution in [0, 0.1) is 0 Å². The Bertz CT molecular complexity index is 1850. The number of aromatic nitrogens is 2. The highest BCUT2D eigenvalue weighted by molar-refractivity contribution is 6.09. The Morgan fingerprint density at radius 1 is 0.605 bits per heavy atom. The van der Waals surface area contributed by atoms with Gasteiger partial charge in [0.25, 0.3) is 0 Å². The number of para-hydroxylation sites is 3. The maximum atomic E-state index is 4.98. The van der Waals surface area contributed by atoms with Crippen LogP contribution in [0.5, 0.6) is 0 Å². The summed E-state index contributed by atoms with van der Waals surface area (Å²) in [5.41, 5.74) is 8.58. The fourth-order valence-electron chi connectivity index (χ4n) is 6.39. The van der Waals surface area contributed by atoms with E-state index in [0.29, 0.717) is 0 Å². The van der Waals surface area contributed by atoms with Crippen molar-refractivity contribution >= 4 is 33.3 Å². The molecule has 0 saturated carbocycles. The first-order valence-corrected chi connectivity index (χ1v) is 13.2. The van der Waals surface area contributed by atoms with Gasteiger partial charge >= 0.3 is 0 Å². The molecule has 6 aromatic rings. The Morgan fingerprint density at radius 2 is 1.26 bits per heavy atom. The van der Waals surface area contributed by atoms with Crippen LogP contribution in [-0.2, 0) is 0 Å². The van der Waals surface area contributed by atoms with E-state index in [1.165, 1.54) is 44.2 Å². The minimum Gasteiger partial charge on any atom is -0.318 e. The van der Waals surface area contributed by atoms with Crippen LogP contribution in [0.3, 0.4) is 0 Å². The van der Waals surface area contributed by atoms with E-state index in [1.54, 1.807) is 0 Å². The van der Waals surface area contributed by atoms with Crippen LogP contribution in [-0.4, -0.2) is 15.6 Å². The molecule has 0 bridgehead atoms. The van der Waals surface area contributed by atoms with E-state index < -0.39 is 0 Å². The van der Waals surface area contributed by atoms with Crippen LogP contribution in [0.25, 0.3) is 38.6 Å². The molecule has 0 radical (unpaired) electrons. The predicted octanol–water partition coefficient (Wildman–Crippen LogP) is 8.58. The average molecular weight is 488 g/mol. The molecule has 1 aliphatic carbocycles. The lowest BCUT2D eigenvalue weighted by Gasteiger charge is -2.35. The van der Waals surface area contributed by atoms with E-state index in [2.05, 4.69) is 143 Å². The third-order valence-corrected chi connectivity index (χ3v) is 7.99. The largest absolute Gasteiger partial charge is 0.318 e. The lowest BCUT2D eigenvalue weighted by Crippen LogP contribution is -2.35. The van der Waals surface area contributed by atoms with Gasteiger partial charge in [0, 0.05) is 34.5 Å². The third kappa shape index (κ3) is 3.05. The van der Waals surface area contributed by atoms with Crippen molar-refractivity contribution in [1.82, 2.24) is 9.55 Å². The molecule has 2 atom stereocenters. The lowest BCUT2D eigenvalue weighted by atomic mass is 9.85. The van der Waals surface area contributed by atoms with Crippen molar-refractivity contribution in [2.45, 2.75) is 12.0 Å². The molecule has 2 aromatic heterocycles. The van der Waals surface area contributed by atoms with Crippen molar-refractivity contribution in [1.29, 1.82) is 0 Å². The first-order valence-electron chi connectivity index (χ1n) is 13.2. The maximum Gasteiger partial charge on any atom is 0.135 e. The number of hydrogen-bond donors (Lipinski definition) is 0. The molecule has 3 nitrogen and oxygen atoms in total. The summed E-state index contributed by atoms with van der Waals surface area (Å²) in [6.07, 6.45) is 10.9. The molecular formula is C35H25N3. The Kier molecular flexibility index (Phi) is 4.65. The summed E-state index contributed by atoms with van der Waals surface area (Å²) in [6, 6.07) is 39.3. The van der Waals surface area contributed by atoms with Crippen LogP contribution in [0.4, 0.5) is 11.5 Å². The van der Waals surface area contributed by atoms with Crippen LogP contribution >= 0.6 is 0 Å². The van der Waals surface area contributed by atoms with Gasteiger partial charge in [0.15, 0.2) is 0 Å². The van der Waals surface area contributed by atoms with Crippen molar-refractivity contribution in [2.75, 3.05) is 4.90 Å². The van der Waals surface area contributed by atoms with Crippen LogP contribution in [0.2, 0.25) is 0 Å². The lowest BCUT2D eigenvalue weighted by molar-refractivity contribution is 0.691. The molecule has 0 amide bonds. The molecule has 1 aliphatic heterocycles. The second-order valence-electron chi connectivity index (χ2n) is 10.0. The second kappa shape index (κ2) is 8.32. The fourth-order valence-corrected chi connectivity index (χ4v) is 6.39. The summed E-state index contributed by atoms with van der Waals surface area (Å²) in [4.78, 5) is 7.41. The average Bonchev–Trinajstić information content (AvgIpc) is 3.26. The third-order valence-electron chi connectivity index (χ3n) is 7.99. The predicted molar refractivity (Wildman–Crippen MR) is 157 cm³/mol. The van der Waals surface area contributed by atoms with Gasteiger partial charge in [-0.15, -0.1) is 0 Å². The van der Waals surface area contributed by atoms with Gasteiger partial charge in [-0.3, -0.25) is 0 Å². The Balaban J connectivity index is 1.38. The van der Waals surface area contributed by atoms with Gasteiger partial charge in [-0.1, -0.05) is 103 Å². The zero-order valence-electron chi connectivity index (χ0n) is 20.8. The minimum atomic E-state index is 0.116. The SMILES string of the molecule is C1=CC2c3ccccc3-c3ccccc3N(c3cc(-n4c5ccccc5c5ccccc54)ccn3)C2C=C1. The molecule has 0 N–H and O–H groups in total. The molecule has 0 fully saturated rings. The van der Waals surface area contributed by atoms with Gasteiger partial charge in [0.05, 0.1) is 28.5 Å². The van der Waals surface area contributed by atoms with E-state index in [0.717, 1.165) is 11.5 Å². The normalized spacial score (nSPS) is 17.7. The van der Waals surface area contributed by atoms with E-state index in [4.69, 9.17) is 4.98 Å². The van der Waals surface area contributed by atoms with Gasteiger partial charge < -0.3 is 9.47 Å². The van der Waals surface area contributed by atoms with Gasteiger partial charge in [-0.2, -0.15) is 0 Å². The van der Waals surface area contributed by atoms with E-state index in [-0.39, 0.29) is 12.0 Å². The Morgan fingerprint density at radius 3 is 2.08 bits per heavy atom. The zero-order valence-corrected chi connectivity index (χ0v) is 20.8. The first-order chi connectivity index (χ1) is 18.9. The van der Waals surface area contributed by atoms with Gasteiger partial charge in [0.1, 0.15) is 5.82 Å². The summed E-state index contributed by atoms with van der Waals surface area (Å²) < 4.78 is 2.36. The van der Waals surface area contributed by atoms with Gasteiger partial charge in [-0.05, 0) is 35.4 Å². The highest BCUT2D eigenvalue weighted by atomic mass is 15.2. The summed E-state index contributed by atoms with van der Waals surface area (Å²) >= 11 is 0. The van der Waals surface area contributed by atoms with Crippen molar-refractivity contribution in [3.63, 3.8) is 0 Å². The fraction of sp³-hybridized carbons (Fsp3) is 0.0571. The van der Waals surface area contributed by atoms with Gasteiger partial charge in [-0.25, -0.2) is 4.98 Å². The number of rotatable bonds is 2. The molecule has 0 spiro atoms. The summed E-state index contributed by atoms with van der Waals surface area (Å²) in [7, 11) is 0. The standard InChI is InChI=1S/C35H25N3/c1-2-12-26-25(11-1)27-13-3-9-19-33(27)38(34-20-10-4-14-28(26)34)35-23-24(21-22-36-35)37-31-17-7-5-15-29(31)30-16-6-8-18-32(30)37/h1-23,27,33H. The minimum absolute atomic E-state index is 0.116. The molecule has 0 saturated heterocycles. The monoisotopic (exact) mass is 487 g/mol. The number of allylic oxidation sites excluding steroid dienone is 2. The Hall–Kier alpha value is -4.89. The van der Waals surface area contributed by atoms with Crippen molar-refractivity contribution in [3.05, 3.63) is 145 Å². The molecule has 3 heterocycles. The smallest absolute Gasteiger partial charge is 0.135 e. The molecule has 4 aromatic carbocycles. The molecule has 2 unspecified atom stereocenters. The molecule has 38 heavy (non-hydrogen) atoms. The quantitative estimate of drug-likeness (QED) is 0.244. The summed E-state index contributed by atoms with van der Waals surface area (Å²) in [5, 5.41) is 2.52. The van der Waals surface area contributed by atoms with Gasteiger partial charge in [0.2, 0.25) is 0 Å².